The molecule has 0 saturated carbocycles. The Kier molecular flexibility index (Phi) is 8.86. The van der Waals surface area contributed by atoms with Gasteiger partial charge >= 0.3 is 0 Å². The fraction of sp³-hybridized carbons (Fsp3) is 0.615. The van der Waals surface area contributed by atoms with E-state index in [1.54, 1.807) is 0 Å². The molecule has 1 aliphatic heterocycles. The molecule has 0 radical (unpaired) electrons. The van der Waals surface area contributed by atoms with E-state index < -0.39 is 0 Å². The minimum Gasteiger partial charge on any atom is -0.478 e. The summed E-state index contributed by atoms with van der Waals surface area (Å²) < 4.78 is 6.43. The second kappa shape index (κ2) is 9.86. The van der Waals surface area contributed by atoms with Crippen LogP contribution in [0.15, 0.2) is 22.8 Å². The Morgan fingerprint density at radius 2 is 2.21 bits per heavy atom. The monoisotopic (exact) mass is 366 g/mol. The molecule has 19 heavy (non-hydrogen) atoms. The Morgan fingerprint density at radius 3 is 2.95 bits per heavy atom. The zero-order valence-electron chi connectivity index (χ0n) is 10.9. The number of thioether (sulfide) groups is 1. The predicted molar refractivity (Wildman–Crippen MR) is 87.4 cm³/mol. The molecule has 0 spiro atoms. The van der Waals surface area contributed by atoms with Gasteiger partial charge in [0.05, 0.1) is 6.61 Å². The van der Waals surface area contributed by atoms with Crippen molar-refractivity contribution in [3.05, 3.63) is 22.8 Å². The number of hydrogen-bond acceptors (Lipinski definition) is 4. The van der Waals surface area contributed by atoms with E-state index in [-0.39, 0.29) is 12.4 Å². The van der Waals surface area contributed by atoms with Crippen LogP contribution in [-0.2, 0) is 0 Å². The summed E-state index contributed by atoms with van der Waals surface area (Å²) in [4.78, 5) is 6.77. The average molecular weight is 368 g/mol. The van der Waals surface area contributed by atoms with Crippen molar-refractivity contribution in [3.8, 4) is 5.88 Å². The van der Waals surface area contributed by atoms with Crippen molar-refractivity contribution in [1.82, 2.24) is 9.88 Å². The summed E-state index contributed by atoms with van der Waals surface area (Å²) >= 11 is 5.37. The first kappa shape index (κ1) is 17.1. The van der Waals surface area contributed by atoms with Gasteiger partial charge in [-0.2, -0.15) is 0 Å². The first-order chi connectivity index (χ1) is 8.84. The van der Waals surface area contributed by atoms with Crippen LogP contribution in [0.25, 0.3) is 0 Å². The van der Waals surface area contributed by atoms with Crippen molar-refractivity contribution < 1.29 is 4.74 Å². The van der Waals surface area contributed by atoms with Crippen molar-refractivity contribution >= 4 is 40.1 Å². The molecule has 2 heterocycles. The van der Waals surface area contributed by atoms with Gasteiger partial charge in [-0.15, -0.1) is 24.2 Å². The first-order valence-corrected chi connectivity index (χ1v) is 8.35. The molecule has 1 fully saturated rings. The lowest BCUT2D eigenvalue weighted by molar-refractivity contribution is 0.284. The van der Waals surface area contributed by atoms with Gasteiger partial charge in [-0.05, 0) is 47.8 Å². The van der Waals surface area contributed by atoms with Crippen LogP contribution in [0.5, 0.6) is 5.88 Å². The Bertz CT molecular complexity index is 364. The van der Waals surface area contributed by atoms with E-state index in [4.69, 9.17) is 4.74 Å². The van der Waals surface area contributed by atoms with Gasteiger partial charge in [-0.3, -0.25) is 4.90 Å². The zero-order valence-corrected chi connectivity index (χ0v) is 14.1. The van der Waals surface area contributed by atoms with Crippen LogP contribution in [0.2, 0.25) is 0 Å². The van der Waals surface area contributed by atoms with Crippen molar-refractivity contribution in [2.75, 3.05) is 31.3 Å². The minimum absolute atomic E-state index is 0. The summed E-state index contributed by atoms with van der Waals surface area (Å²) in [5, 5.41) is 0. The second-order valence-electron chi connectivity index (χ2n) is 4.36. The molecule has 0 aliphatic carbocycles. The maximum Gasteiger partial charge on any atom is 0.214 e. The SMILES string of the molecule is Brc1cccc(OCCCCCN2CCSC2)n1.Cl. The van der Waals surface area contributed by atoms with E-state index in [0.29, 0.717) is 5.88 Å². The molecule has 6 heteroatoms. The highest BCUT2D eigenvalue weighted by molar-refractivity contribution is 9.10. The van der Waals surface area contributed by atoms with Crippen LogP contribution in [0.1, 0.15) is 19.3 Å². The molecule has 1 aromatic rings. The number of halogens is 2. The van der Waals surface area contributed by atoms with Crippen LogP contribution >= 0.6 is 40.1 Å². The molecule has 0 amide bonds. The third-order valence-electron chi connectivity index (χ3n) is 2.88. The van der Waals surface area contributed by atoms with Gasteiger partial charge in [0.25, 0.3) is 0 Å². The number of nitrogens with zero attached hydrogens (tertiary/aromatic N) is 2. The van der Waals surface area contributed by atoms with Crippen molar-refractivity contribution in [3.63, 3.8) is 0 Å². The Labute approximate surface area is 134 Å². The first-order valence-electron chi connectivity index (χ1n) is 6.40. The molecule has 108 valence electrons. The van der Waals surface area contributed by atoms with Crippen molar-refractivity contribution in [2.24, 2.45) is 0 Å². The normalized spacial score (nSPS) is 15.2. The second-order valence-corrected chi connectivity index (χ2v) is 6.25. The summed E-state index contributed by atoms with van der Waals surface area (Å²) in [6.07, 6.45) is 3.61. The average Bonchev–Trinajstić information content (AvgIpc) is 2.87. The van der Waals surface area contributed by atoms with Gasteiger partial charge in [0.2, 0.25) is 5.88 Å². The van der Waals surface area contributed by atoms with Crippen LogP contribution in [0, 0.1) is 0 Å². The van der Waals surface area contributed by atoms with E-state index >= 15 is 0 Å². The molecule has 0 bridgehead atoms. The van der Waals surface area contributed by atoms with E-state index in [1.807, 2.05) is 30.0 Å². The third-order valence-corrected chi connectivity index (χ3v) is 4.34. The summed E-state index contributed by atoms with van der Waals surface area (Å²) in [7, 11) is 0. The molecule has 0 N–H and O–H groups in total. The van der Waals surface area contributed by atoms with Gasteiger partial charge < -0.3 is 4.74 Å². The summed E-state index contributed by atoms with van der Waals surface area (Å²) in [6, 6.07) is 5.74. The van der Waals surface area contributed by atoms with Crippen molar-refractivity contribution in [2.45, 2.75) is 19.3 Å². The van der Waals surface area contributed by atoms with E-state index in [2.05, 4.69) is 25.8 Å². The summed E-state index contributed by atoms with van der Waals surface area (Å²) in [5.41, 5.74) is 0. The van der Waals surface area contributed by atoms with Crippen LogP contribution in [0.4, 0.5) is 0 Å². The molecule has 2 rings (SSSR count). The number of unbranched alkanes of at least 4 members (excludes halogenated alkanes) is 2. The van der Waals surface area contributed by atoms with E-state index in [0.717, 1.165) is 17.6 Å². The van der Waals surface area contributed by atoms with Crippen LogP contribution < -0.4 is 4.74 Å². The van der Waals surface area contributed by atoms with Gasteiger partial charge in [-0.1, -0.05) is 6.07 Å². The lowest BCUT2D eigenvalue weighted by Crippen LogP contribution is -2.20. The number of hydrogen-bond donors (Lipinski definition) is 0. The van der Waals surface area contributed by atoms with Crippen molar-refractivity contribution in [1.29, 1.82) is 0 Å². The quantitative estimate of drug-likeness (QED) is 0.540. The van der Waals surface area contributed by atoms with Crippen LogP contribution in [0.3, 0.4) is 0 Å². The fourth-order valence-electron chi connectivity index (χ4n) is 1.89. The Balaban J connectivity index is 0.00000180. The highest BCUT2D eigenvalue weighted by Crippen LogP contribution is 2.14. The predicted octanol–water partition coefficient (Wildman–Crippen LogP) is 3.82. The lowest BCUT2D eigenvalue weighted by atomic mass is 10.2. The molecule has 3 nitrogen and oxygen atoms in total. The van der Waals surface area contributed by atoms with E-state index in [9.17, 15) is 0 Å². The smallest absolute Gasteiger partial charge is 0.214 e. The highest BCUT2D eigenvalue weighted by atomic mass is 79.9. The molecule has 1 aromatic heterocycles. The van der Waals surface area contributed by atoms with Gasteiger partial charge in [0, 0.05) is 24.2 Å². The minimum atomic E-state index is 0. The highest BCUT2D eigenvalue weighted by Gasteiger charge is 2.10. The third kappa shape index (κ3) is 6.84. The molecule has 0 atom stereocenters. The standard InChI is InChI=1S/C13H19BrN2OS.ClH/c14-12-5-4-6-13(15-12)17-9-3-1-2-7-16-8-10-18-11-16;/h4-6H,1-3,7-11H2;1H. The van der Waals surface area contributed by atoms with Gasteiger partial charge in [0.15, 0.2) is 0 Å². The maximum atomic E-state index is 5.60. The number of pyridine rings is 1. The lowest BCUT2D eigenvalue weighted by Gasteiger charge is -2.12. The molecule has 1 saturated heterocycles. The molecule has 1 aliphatic rings. The largest absolute Gasteiger partial charge is 0.478 e. The van der Waals surface area contributed by atoms with Gasteiger partial charge in [0.1, 0.15) is 4.60 Å². The number of aromatic nitrogens is 1. The summed E-state index contributed by atoms with van der Waals surface area (Å²) in [6.45, 7) is 3.27. The number of rotatable bonds is 7. The van der Waals surface area contributed by atoms with E-state index in [1.165, 1.54) is 37.6 Å². The zero-order chi connectivity index (χ0) is 12.6. The number of ether oxygens (including phenoxy) is 1. The Morgan fingerprint density at radius 1 is 1.32 bits per heavy atom. The van der Waals surface area contributed by atoms with Gasteiger partial charge in [-0.25, -0.2) is 4.98 Å². The topological polar surface area (TPSA) is 25.4 Å². The van der Waals surface area contributed by atoms with Crippen LogP contribution in [-0.4, -0.2) is 41.2 Å². The molecule has 0 unspecified atom stereocenters. The molecular formula is C13H20BrClN2OS. The molecule has 0 aromatic carbocycles. The fourth-order valence-corrected chi connectivity index (χ4v) is 3.25. The summed E-state index contributed by atoms with van der Waals surface area (Å²) in [5.74, 6) is 3.23. The molecular weight excluding hydrogens is 348 g/mol. The maximum absolute atomic E-state index is 5.60. The Hall–Kier alpha value is 0.0300.